The molecule has 0 atom stereocenters. The summed E-state index contributed by atoms with van der Waals surface area (Å²) in [5, 5.41) is 0. The van der Waals surface area contributed by atoms with Gasteiger partial charge in [0.15, 0.2) is 0 Å². The van der Waals surface area contributed by atoms with Crippen LogP contribution in [-0.2, 0) is 0 Å². The minimum absolute atomic E-state index is 0. The van der Waals surface area contributed by atoms with E-state index >= 15 is 0 Å². The Bertz CT molecular complexity index is 269. The van der Waals surface area contributed by atoms with E-state index < -0.39 is 0 Å². The van der Waals surface area contributed by atoms with Gasteiger partial charge in [-0.05, 0) is 77.8 Å². The molecule has 0 spiro atoms. The number of hydrogen-bond donors (Lipinski definition) is 0. The van der Waals surface area contributed by atoms with E-state index in [-0.39, 0.29) is 49.6 Å². The van der Waals surface area contributed by atoms with Gasteiger partial charge in [0, 0.05) is 0 Å². The van der Waals surface area contributed by atoms with Crippen LogP contribution in [0.2, 0.25) is 0 Å². The Morgan fingerprint density at radius 1 is 0.281 bits per heavy atom. The molecule has 202 valence electrons. The fraction of sp³-hybridized carbons (Fsp3) is 1.00. The van der Waals surface area contributed by atoms with Crippen LogP contribution in [0.25, 0.3) is 0 Å². The van der Waals surface area contributed by atoms with Gasteiger partial charge in [0.05, 0.1) is 0 Å². The molecule has 0 aliphatic rings. The number of nitrogens with zero attached hydrogens (tertiary/aromatic N) is 2. The van der Waals surface area contributed by atoms with Crippen LogP contribution in [0, 0.1) is 0 Å². The van der Waals surface area contributed by atoms with Crippen LogP contribution in [-0.4, -0.2) is 49.1 Å². The molecule has 2 nitrogen and oxygen atoms in total. The van der Waals surface area contributed by atoms with Crippen LogP contribution in [0.5, 0.6) is 0 Å². The van der Waals surface area contributed by atoms with Gasteiger partial charge in [-0.2, -0.15) is 0 Å². The highest BCUT2D eigenvalue weighted by molar-refractivity contribution is 5.86. The molecule has 0 fully saturated rings. The molecule has 0 aliphatic carbocycles. The first-order valence-electron chi connectivity index (χ1n) is 13.2. The van der Waals surface area contributed by atoms with Crippen LogP contribution in [0.3, 0.4) is 0 Å². The van der Waals surface area contributed by atoms with Crippen LogP contribution in [0.1, 0.15) is 130 Å². The van der Waals surface area contributed by atoms with Crippen LogP contribution in [0.15, 0.2) is 0 Å². The van der Waals surface area contributed by atoms with Gasteiger partial charge >= 0.3 is 0 Å². The molecule has 0 bridgehead atoms. The van der Waals surface area contributed by atoms with Crippen molar-refractivity contribution in [2.45, 2.75) is 130 Å². The molecule has 0 aromatic carbocycles. The average molecular weight is 543 g/mol. The van der Waals surface area contributed by atoms with E-state index in [1.165, 1.54) is 142 Å². The second kappa shape index (κ2) is 36.6. The average Bonchev–Trinajstić information content (AvgIpc) is 2.70. The highest BCUT2D eigenvalue weighted by atomic mass is 35.5. The fourth-order valence-electron chi connectivity index (χ4n) is 4.21. The summed E-state index contributed by atoms with van der Waals surface area (Å²) in [7, 11) is 0. The summed E-state index contributed by atoms with van der Waals surface area (Å²) >= 11 is 0. The van der Waals surface area contributed by atoms with Gasteiger partial charge < -0.3 is 9.80 Å². The topological polar surface area (TPSA) is 6.48 Å². The Morgan fingerprint density at radius 3 is 0.812 bits per heavy atom. The zero-order valence-corrected chi connectivity index (χ0v) is 25.3. The predicted octanol–water partition coefficient (Wildman–Crippen LogP) is 9.60. The van der Waals surface area contributed by atoms with Crippen molar-refractivity contribution in [3.8, 4) is 0 Å². The highest BCUT2D eigenvalue weighted by Crippen LogP contribution is 2.09. The first-order chi connectivity index (χ1) is 13.8. The monoisotopic (exact) mass is 540 g/mol. The third-order valence-corrected chi connectivity index (χ3v) is 5.93. The standard InChI is InChI=1S/C26H56N2.4ClH/c1-5-9-11-13-15-17-23-27(21-7-3)25-19-20-26-28(22-8-4)24-18-16-14-12-10-6-2;;;;/h5-26H2,1-4H3;4*1H. The number of halogens is 4. The summed E-state index contributed by atoms with van der Waals surface area (Å²) in [5.41, 5.74) is 0. The van der Waals surface area contributed by atoms with Gasteiger partial charge in [0.25, 0.3) is 0 Å². The van der Waals surface area contributed by atoms with E-state index in [2.05, 4.69) is 37.5 Å². The Hall–Kier alpha value is 1.08. The maximum Gasteiger partial charge on any atom is -0.00183 e. The molecular weight excluding hydrogens is 482 g/mol. The smallest absolute Gasteiger partial charge is 0.00183 e. The Balaban J connectivity index is -0.000000607. The lowest BCUT2D eigenvalue weighted by Crippen LogP contribution is -2.29. The molecule has 0 radical (unpaired) electrons. The molecule has 0 aliphatic heterocycles. The van der Waals surface area contributed by atoms with Gasteiger partial charge in [-0.15, -0.1) is 49.6 Å². The van der Waals surface area contributed by atoms with Gasteiger partial charge in [-0.1, -0.05) is 91.9 Å². The maximum atomic E-state index is 2.73. The zero-order valence-electron chi connectivity index (χ0n) is 22.1. The quantitative estimate of drug-likeness (QED) is 0.119. The van der Waals surface area contributed by atoms with Crippen LogP contribution in [0.4, 0.5) is 0 Å². The molecule has 0 N–H and O–H groups in total. The van der Waals surface area contributed by atoms with Gasteiger partial charge in [-0.25, -0.2) is 0 Å². The molecule has 0 heterocycles. The van der Waals surface area contributed by atoms with E-state index in [0.717, 1.165) is 0 Å². The first kappa shape index (κ1) is 43.2. The lowest BCUT2D eigenvalue weighted by atomic mass is 10.1. The van der Waals surface area contributed by atoms with Crippen LogP contribution >= 0.6 is 49.6 Å². The maximum absolute atomic E-state index is 2.73. The number of unbranched alkanes of at least 4 members (excludes halogenated alkanes) is 11. The van der Waals surface area contributed by atoms with Crippen molar-refractivity contribution in [1.82, 2.24) is 9.80 Å². The van der Waals surface area contributed by atoms with Crippen molar-refractivity contribution in [1.29, 1.82) is 0 Å². The first-order valence-corrected chi connectivity index (χ1v) is 13.2. The fourth-order valence-corrected chi connectivity index (χ4v) is 4.21. The van der Waals surface area contributed by atoms with E-state index in [1.807, 2.05) is 0 Å². The van der Waals surface area contributed by atoms with E-state index in [9.17, 15) is 0 Å². The molecular formula is C26H60Cl4N2. The number of rotatable bonds is 23. The molecule has 0 amide bonds. The van der Waals surface area contributed by atoms with Gasteiger partial charge in [0.1, 0.15) is 0 Å². The Labute approximate surface area is 228 Å². The number of hydrogen-bond acceptors (Lipinski definition) is 2. The minimum Gasteiger partial charge on any atom is -0.303 e. The van der Waals surface area contributed by atoms with Crippen molar-refractivity contribution < 1.29 is 0 Å². The SMILES string of the molecule is CCCCCCCCN(CCC)CCCCN(CCC)CCCCCCCC.Cl.Cl.Cl.Cl. The van der Waals surface area contributed by atoms with Crippen molar-refractivity contribution in [3.63, 3.8) is 0 Å². The normalized spacial score (nSPS) is 10.3. The minimum atomic E-state index is 0. The van der Waals surface area contributed by atoms with E-state index in [1.54, 1.807) is 0 Å². The van der Waals surface area contributed by atoms with Crippen LogP contribution < -0.4 is 0 Å². The summed E-state index contributed by atoms with van der Waals surface area (Å²) < 4.78 is 0. The van der Waals surface area contributed by atoms with Crippen molar-refractivity contribution in [2.24, 2.45) is 0 Å². The predicted molar refractivity (Wildman–Crippen MR) is 158 cm³/mol. The lowest BCUT2D eigenvalue weighted by molar-refractivity contribution is 0.235. The largest absolute Gasteiger partial charge is 0.303 e. The zero-order chi connectivity index (χ0) is 20.7. The van der Waals surface area contributed by atoms with Crippen molar-refractivity contribution >= 4 is 49.6 Å². The molecule has 0 rings (SSSR count). The molecule has 0 saturated heterocycles. The Kier molecular flexibility index (Phi) is 49.4. The van der Waals surface area contributed by atoms with E-state index in [0.29, 0.717) is 0 Å². The molecule has 0 unspecified atom stereocenters. The highest BCUT2D eigenvalue weighted by Gasteiger charge is 2.06. The second-order valence-electron chi connectivity index (χ2n) is 8.93. The summed E-state index contributed by atoms with van der Waals surface area (Å²) in [6.07, 6.45) is 22.4. The third kappa shape index (κ3) is 31.1. The molecule has 0 aromatic rings. The van der Waals surface area contributed by atoms with E-state index in [4.69, 9.17) is 0 Å². The summed E-state index contributed by atoms with van der Waals surface area (Å²) in [5.74, 6) is 0. The molecule has 6 heteroatoms. The molecule has 0 saturated carbocycles. The molecule has 0 aromatic heterocycles. The summed E-state index contributed by atoms with van der Waals surface area (Å²) in [6, 6.07) is 0. The second-order valence-corrected chi connectivity index (χ2v) is 8.93. The summed E-state index contributed by atoms with van der Waals surface area (Å²) in [6.45, 7) is 17.2. The van der Waals surface area contributed by atoms with Crippen molar-refractivity contribution in [3.05, 3.63) is 0 Å². The van der Waals surface area contributed by atoms with Gasteiger partial charge in [-0.3, -0.25) is 0 Å². The molecule has 32 heavy (non-hydrogen) atoms. The van der Waals surface area contributed by atoms with Gasteiger partial charge in [0.2, 0.25) is 0 Å². The summed E-state index contributed by atoms with van der Waals surface area (Å²) in [4.78, 5) is 5.47. The lowest BCUT2D eigenvalue weighted by Gasteiger charge is -2.24. The third-order valence-electron chi connectivity index (χ3n) is 5.93. The van der Waals surface area contributed by atoms with Crippen molar-refractivity contribution in [2.75, 3.05) is 39.3 Å². The Morgan fingerprint density at radius 2 is 0.531 bits per heavy atom.